The van der Waals surface area contributed by atoms with Crippen molar-refractivity contribution in [2.45, 2.75) is 69.6 Å². The third-order valence-corrected chi connectivity index (χ3v) is 6.08. The number of hydrogen-bond donors (Lipinski definition) is 1. The molecule has 0 radical (unpaired) electrons. The highest BCUT2D eigenvalue weighted by molar-refractivity contribution is 7.99. The second kappa shape index (κ2) is 7.69. The van der Waals surface area contributed by atoms with E-state index in [2.05, 4.69) is 69.2 Å². The van der Waals surface area contributed by atoms with E-state index in [1.165, 1.54) is 42.6 Å². The van der Waals surface area contributed by atoms with Gasteiger partial charge in [0.25, 0.3) is 0 Å². The normalized spacial score (nSPS) is 18.1. The van der Waals surface area contributed by atoms with Gasteiger partial charge in [-0.05, 0) is 42.9 Å². The Kier molecular flexibility index (Phi) is 6.19. The first-order valence-corrected chi connectivity index (χ1v) is 9.42. The number of rotatable bonds is 6. The minimum absolute atomic E-state index is 0.249. The van der Waals surface area contributed by atoms with Gasteiger partial charge < -0.3 is 5.32 Å². The molecule has 1 fully saturated rings. The van der Waals surface area contributed by atoms with E-state index >= 15 is 0 Å². The molecule has 0 saturated heterocycles. The second-order valence-electron chi connectivity index (χ2n) is 7.38. The van der Waals surface area contributed by atoms with Gasteiger partial charge in [0.1, 0.15) is 0 Å². The molecule has 1 aromatic carbocycles. The van der Waals surface area contributed by atoms with Crippen LogP contribution in [0.15, 0.2) is 24.3 Å². The standard InChI is InChI=1S/C19H31NS/c1-19(2,3)16-11-9-15(10-12-16)13-17(20-4)14-21-18-7-5-6-8-18/h9-12,17-18,20H,5-8,13-14H2,1-4H3. The van der Waals surface area contributed by atoms with Crippen LogP contribution in [0.25, 0.3) is 0 Å². The van der Waals surface area contributed by atoms with Gasteiger partial charge in [-0.1, -0.05) is 57.9 Å². The largest absolute Gasteiger partial charge is 0.316 e. The lowest BCUT2D eigenvalue weighted by Crippen LogP contribution is -2.30. The number of thioether (sulfide) groups is 1. The van der Waals surface area contributed by atoms with Crippen LogP contribution < -0.4 is 5.32 Å². The maximum Gasteiger partial charge on any atom is 0.0195 e. The van der Waals surface area contributed by atoms with Gasteiger partial charge in [-0.3, -0.25) is 0 Å². The van der Waals surface area contributed by atoms with Gasteiger partial charge in [0.2, 0.25) is 0 Å². The van der Waals surface area contributed by atoms with Crippen molar-refractivity contribution in [3.05, 3.63) is 35.4 Å². The summed E-state index contributed by atoms with van der Waals surface area (Å²) in [6.07, 6.45) is 6.88. The maximum atomic E-state index is 3.50. The predicted molar refractivity (Wildman–Crippen MR) is 96.4 cm³/mol. The highest BCUT2D eigenvalue weighted by atomic mass is 32.2. The fourth-order valence-corrected chi connectivity index (χ4v) is 4.43. The van der Waals surface area contributed by atoms with Gasteiger partial charge >= 0.3 is 0 Å². The van der Waals surface area contributed by atoms with Crippen LogP contribution in [0, 0.1) is 0 Å². The van der Waals surface area contributed by atoms with Crippen LogP contribution in [0.4, 0.5) is 0 Å². The molecule has 0 spiro atoms. The molecule has 1 aromatic rings. The Morgan fingerprint density at radius 3 is 2.29 bits per heavy atom. The molecular weight excluding hydrogens is 274 g/mol. The Morgan fingerprint density at radius 2 is 1.76 bits per heavy atom. The lowest BCUT2D eigenvalue weighted by molar-refractivity contribution is 0.588. The Morgan fingerprint density at radius 1 is 1.14 bits per heavy atom. The highest BCUT2D eigenvalue weighted by Crippen LogP contribution is 2.30. The summed E-state index contributed by atoms with van der Waals surface area (Å²) in [5.41, 5.74) is 3.13. The third-order valence-electron chi connectivity index (χ3n) is 4.55. The van der Waals surface area contributed by atoms with E-state index in [1.54, 1.807) is 0 Å². The average Bonchev–Trinajstić information content (AvgIpc) is 2.96. The van der Waals surface area contributed by atoms with E-state index in [1.807, 2.05) is 0 Å². The van der Waals surface area contributed by atoms with Gasteiger partial charge in [0, 0.05) is 17.0 Å². The van der Waals surface area contributed by atoms with Crippen LogP contribution in [0.3, 0.4) is 0 Å². The highest BCUT2D eigenvalue weighted by Gasteiger charge is 2.18. The van der Waals surface area contributed by atoms with Gasteiger partial charge in [-0.2, -0.15) is 11.8 Å². The minimum Gasteiger partial charge on any atom is -0.316 e. The number of likely N-dealkylation sites (N-methyl/N-ethyl adjacent to an activating group) is 1. The van der Waals surface area contributed by atoms with Crippen LogP contribution in [0.5, 0.6) is 0 Å². The monoisotopic (exact) mass is 305 g/mol. The SMILES string of the molecule is CNC(CSC1CCCC1)Cc1ccc(C(C)(C)C)cc1. The summed E-state index contributed by atoms with van der Waals surface area (Å²) in [5.74, 6) is 1.24. The second-order valence-corrected chi connectivity index (χ2v) is 8.71. The molecule has 0 aliphatic heterocycles. The number of benzene rings is 1. The van der Waals surface area contributed by atoms with Crippen molar-refractivity contribution in [2.24, 2.45) is 0 Å². The molecule has 0 aromatic heterocycles. The summed E-state index contributed by atoms with van der Waals surface area (Å²) in [5, 5.41) is 4.42. The van der Waals surface area contributed by atoms with Crippen molar-refractivity contribution in [1.82, 2.24) is 5.32 Å². The van der Waals surface area contributed by atoms with E-state index in [4.69, 9.17) is 0 Å². The molecule has 118 valence electrons. The molecule has 2 rings (SSSR count). The molecule has 2 heteroatoms. The molecule has 1 atom stereocenters. The van der Waals surface area contributed by atoms with Crippen LogP contribution in [-0.2, 0) is 11.8 Å². The van der Waals surface area contributed by atoms with Gasteiger partial charge in [-0.15, -0.1) is 0 Å². The quantitative estimate of drug-likeness (QED) is 0.811. The van der Waals surface area contributed by atoms with Crippen molar-refractivity contribution in [1.29, 1.82) is 0 Å². The van der Waals surface area contributed by atoms with Crippen LogP contribution in [0.2, 0.25) is 0 Å². The Bertz CT molecular complexity index is 412. The zero-order chi connectivity index (χ0) is 15.3. The summed E-state index contributed by atoms with van der Waals surface area (Å²) in [6.45, 7) is 6.82. The predicted octanol–water partition coefficient (Wildman–Crippen LogP) is 4.79. The molecule has 0 heterocycles. The zero-order valence-electron chi connectivity index (χ0n) is 14.1. The van der Waals surface area contributed by atoms with Crippen LogP contribution in [-0.4, -0.2) is 24.1 Å². The Hall–Kier alpha value is -0.470. The number of hydrogen-bond acceptors (Lipinski definition) is 2. The molecule has 0 amide bonds. The van der Waals surface area contributed by atoms with E-state index in [0.29, 0.717) is 6.04 Å². The molecule has 1 saturated carbocycles. The molecule has 1 unspecified atom stereocenters. The van der Waals surface area contributed by atoms with E-state index < -0.39 is 0 Å². The smallest absolute Gasteiger partial charge is 0.0195 e. The van der Waals surface area contributed by atoms with Crippen molar-refractivity contribution >= 4 is 11.8 Å². The number of nitrogens with one attached hydrogen (secondary N) is 1. The fourth-order valence-electron chi connectivity index (χ4n) is 2.98. The van der Waals surface area contributed by atoms with Gasteiger partial charge in [0.15, 0.2) is 0 Å². The summed E-state index contributed by atoms with van der Waals surface area (Å²) in [6, 6.07) is 9.81. The maximum absolute atomic E-state index is 3.50. The first-order chi connectivity index (χ1) is 9.99. The van der Waals surface area contributed by atoms with Crippen molar-refractivity contribution in [2.75, 3.05) is 12.8 Å². The minimum atomic E-state index is 0.249. The first kappa shape index (κ1) is 16.9. The van der Waals surface area contributed by atoms with Crippen molar-refractivity contribution in [3.63, 3.8) is 0 Å². The van der Waals surface area contributed by atoms with Gasteiger partial charge in [-0.25, -0.2) is 0 Å². The molecule has 21 heavy (non-hydrogen) atoms. The summed E-state index contributed by atoms with van der Waals surface area (Å²) >= 11 is 2.18. The molecule has 1 aliphatic rings. The zero-order valence-corrected chi connectivity index (χ0v) is 14.9. The van der Waals surface area contributed by atoms with Gasteiger partial charge in [0.05, 0.1) is 0 Å². The molecule has 1 N–H and O–H groups in total. The van der Waals surface area contributed by atoms with Crippen LogP contribution in [0.1, 0.15) is 57.6 Å². The van der Waals surface area contributed by atoms with Crippen molar-refractivity contribution < 1.29 is 0 Å². The summed E-state index contributed by atoms with van der Waals surface area (Å²) < 4.78 is 0. The van der Waals surface area contributed by atoms with E-state index in [9.17, 15) is 0 Å². The molecule has 1 nitrogen and oxygen atoms in total. The van der Waals surface area contributed by atoms with Crippen LogP contribution >= 0.6 is 11.8 Å². The van der Waals surface area contributed by atoms with E-state index in [-0.39, 0.29) is 5.41 Å². The Labute approximate surface area is 135 Å². The first-order valence-electron chi connectivity index (χ1n) is 8.37. The Balaban J connectivity index is 1.85. The molecular formula is C19H31NS. The lowest BCUT2D eigenvalue weighted by atomic mass is 9.86. The lowest BCUT2D eigenvalue weighted by Gasteiger charge is -2.21. The molecule has 0 bridgehead atoms. The average molecular weight is 306 g/mol. The van der Waals surface area contributed by atoms with Crippen molar-refractivity contribution in [3.8, 4) is 0 Å². The fraction of sp³-hybridized carbons (Fsp3) is 0.684. The topological polar surface area (TPSA) is 12.0 Å². The summed E-state index contributed by atoms with van der Waals surface area (Å²) in [7, 11) is 2.10. The third kappa shape index (κ3) is 5.34. The van der Waals surface area contributed by atoms with E-state index in [0.717, 1.165) is 11.7 Å². The summed E-state index contributed by atoms with van der Waals surface area (Å²) in [4.78, 5) is 0. The molecule has 1 aliphatic carbocycles.